The van der Waals surface area contributed by atoms with E-state index < -0.39 is 11.9 Å². The second kappa shape index (κ2) is 9.28. The number of hydrogen-bond acceptors (Lipinski definition) is 4. The third-order valence-corrected chi connectivity index (χ3v) is 5.91. The lowest BCUT2D eigenvalue weighted by atomic mass is 10.1. The van der Waals surface area contributed by atoms with Crippen LogP contribution in [0, 0.1) is 19.8 Å². The van der Waals surface area contributed by atoms with Crippen molar-refractivity contribution in [3.63, 3.8) is 0 Å². The van der Waals surface area contributed by atoms with Crippen LogP contribution >= 0.6 is 0 Å². The zero-order valence-corrected chi connectivity index (χ0v) is 18.2. The molecule has 1 aromatic heterocycles. The van der Waals surface area contributed by atoms with E-state index >= 15 is 0 Å². The SMILES string of the molecule is CCCn1c(C)cc(C(=O)COC(=O)[C@H]2CC(=O)N([C@@H](C)c3ccccc3)C2)c1C. The first-order chi connectivity index (χ1) is 14.3. The summed E-state index contributed by atoms with van der Waals surface area (Å²) in [5.74, 6) is -1.30. The van der Waals surface area contributed by atoms with Gasteiger partial charge in [-0.3, -0.25) is 14.4 Å². The molecular formula is C24H30N2O4. The molecule has 0 spiro atoms. The molecule has 1 aromatic carbocycles. The molecule has 3 rings (SSSR count). The van der Waals surface area contributed by atoms with Crippen LogP contribution in [0.15, 0.2) is 36.4 Å². The fourth-order valence-electron chi connectivity index (χ4n) is 4.16. The standard InChI is InChI=1S/C24H30N2O4/c1-5-11-25-16(2)12-21(18(25)4)22(27)15-30-24(29)20-13-23(28)26(14-20)17(3)19-9-7-6-8-10-19/h6-10,12,17,20H,5,11,13-15H2,1-4H3/t17-,20-/m0/s1. The summed E-state index contributed by atoms with van der Waals surface area (Å²) in [6, 6.07) is 11.5. The Morgan fingerprint density at radius 3 is 2.57 bits per heavy atom. The summed E-state index contributed by atoms with van der Waals surface area (Å²) in [6.45, 7) is 8.79. The number of likely N-dealkylation sites (tertiary alicyclic amines) is 1. The monoisotopic (exact) mass is 410 g/mol. The molecule has 0 saturated carbocycles. The Kier molecular flexibility index (Phi) is 6.75. The first kappa shape index (κ1) is 21.8. The number of carbonyl (C=O) groups is 3. The van der Waals surface area contributed by atoms with E-state index in [9.17, 15) is 14.4 Å². The molecule has 160 valence electrons. The van der Waals surface area contributed by atoms with E-state index in [4.69, 9.17) is 4.74 Å². The summed E-state index contributed by atoms with van der Waals surface area (Å²) in [5, 5.41) is 0. The Morgan fingerprint density at radius 1 is 1.20 bits per heavy atom. The molecule has 6 nitrogen and oxygen atoms in total. The normalized spacial score (nSPS) is 17.3. The van der Waals surface area contributed by atoms with Crippen LogP contribution in [0.4, 0.5) is 0 Å². The van der Waals surface area contributed by atoms with Crippen LogP contribution < -0.4 is 0 Å². The number of amides is 1. The van der Waals surface area contributed by atoms with Crippen molar-refractivity contribution in [2.75, 3.05) is 13.2 Å². The van der Waals surface area contributed by atoms with Crippen LogP contribution in [0.3, 0.4) is 0 Å². The molecule has 2 aromatic rings. The zero-order chi connectivity index (χ0) is 21.8. The maximum atomic E-state index is 12.6. The van der Waals surface area contributed by atoms with Gasteiger partial charge in [-0.05, 0) is 38.8 Å². The number of aryl methyl sites for hydroxylation is 1. The molecule has 2 atom stereocenters. The van der Waals surface area contributed by atoms with E-state index in [1.54, 1.807) is 4.90 Å². The molecule has 1 fully saturated rings. The van der Waals surface area contributed by atoms with Gasteiger partial charge >= 0.3 is 5.97 Å². The summed E-state index contributed by atoms with van der Waals surface area (Å²) < 4.78 is 7.42. The van der Waals surface area contributed by atoms with E-state index in [1.165, 1.54) is 0 Å². The summed E-state index contributed by atoms with van der Waals surface area (Å²) in [7, 11) is 0. The first-order valence-corrected chi connectivity index (χ1v) is 10.5. The largest absolute Gasteiger partial charge is 0.457 e. The van der Waals surface area contributed by atoms with Crippen molar-refractivity contribution in [2.45, 2.75) is 53.1 Å². The van der Waals surface area contributed by atoms with Crippen molar-refractivity contribution >= 4 is 17.7 Å². The lowest BCUT2D eigenvalue weighted by molar-refractivity contribution is -0.147. The van der Waals surface area contributed by atoms with Gasteiger partial charge in [0.1, 0.15) is 0 Å². The molecule has 0 radical (unpaired) electrons. The van der Waals surface area contributed by atoms with Gasteiger partial charge in [-0.15, -0.1) is 0 Å². The lowest BCUT2D eigenvalue weighted by Crippen LogP contribution is -2.30. The maximum absolute atomic E-state index is 12.6. The molecule has 6 heteroatoms. The van der Waals surface area contributed by atoms with Gasteiger partial charge in [0.2, 0.25) is 11.7 Å². The minimum Gasteiger partial charge on any atom is -0.457 e. The molecule has 30 heavy (non-hydrogen) atoms. The molecule has 0 bridgehead atoms. The second-order valence-electron chi connectivity index (χ2n) is 8.00. The van der Waals surface area contributed by atoms with Crippen LogP contribution in [0.2, 0.25) is 0 Å². The van der Waals surface area contributed by atoms with E-state index in [1.807, 2.05) is 57.2 Å². The Balaban J connectivity index is 1.59. The van der Waals surface area contributed by atoms with Crippen LogP contribution in [0.5, 0.6) is 0 Å². The van der Waals surface area contributed by atoms with Gasteiger partial charge < -0.3 is 14.2 Å². The van der Waals surface area contributed by atoms with Gasteiger partial charge in [0.15, 0.2) is 6.61 Å². The number of hydrogen-bond donors (Lipinski definition) is 0. The van der Waals surface area contributed by atoms with Gasteiger partial charge in [0.25, 0.3) is 0 Å². The van der Waals surface area contributed by atoms with Crippen molar-refractivity contribution < 1.29 is 19.1 Å². The van der Waals surface area contributed by atoms with Crippen LogP contribution in [-0.4, -0.2) is 40.3 Å². The summed E-state index contributed by atoms with van der Waals surface area (Å²) in [4.78, 5) is 39.3. The van der Waals surface area contributed by atoms with Crippen molar-refractivity contribution in [2.24, 2.45) is 5.92 Å². The van der Waals surface area contributed by atoms with Gasteiger partial charge in [-0.25, -0.2) is 0 Å². The summed E-state index contributed by atoms with van der Waals surface area (Å²) >= 11 is 0. The minimum absolute atomic E-state index is 0.0669. The fourth-order valence-corrected chi connectivity index (χ4v) is 4.16. The van der Waals surface area contributed by atoms with E-state index in [0.717, 1.165) is 29.9 Å². The summed E-state index contributed by atoms with van der Waals surface area (Å²) in [6.07, 6.45) is 1.10. The number of Topliss-reactive ketones (excluding diaryl/α,β-unsaturated/α-hetero) is 1. The quantitative estimate of drug-likeness (QED) is 0.490. The summed E-state index contributed by atoms with van der Waals surface area (Å²) in [5.41, 5.74) is 3.54. The van der Waals surface area contributed by atoms with Crippen molar-refractivity contribution in [1.29, 1.82) is 0 Å². The maximum Gasteiger partial charge on any atom is 0.311 e. The van der Waals surface area contributed by atoms with E-state index in [0.29, 0.717) is 12.1 Å². The Bertz CT molecular complexity index is 932. The van der Waals surface area contributed by atoms with Crippen molar-refractivity contribution in [3.8, 4) is 0 Å². The van der Waals surface area contributed by atoms with E-state index in [-0.39, 0.29) is 30.8 Å². The number of esters is 1. The van der Waals surface area contributed by atoms with Crippen LogP contribution in [0.25, 0.3) is 0 Å². The van der Waals surface area contributed by atoms with Gasteiger partial charge in [0, 0.05) is 36.5 Å². The predicted octanol–water partition coefficient (Wildman–Crippen LogP) is 3.85. The average Bonchev–Trinajstić information content (AvgIpc) is 3.27. The van der Waals surface area contributed by atoms with Crippen molar-refractivity contribution in [1.82, 2.24) is 9.47 Å². The third-order valence-electron chi connectivity index (χ3n) is 5.91. The Hall–Kier alpha value is -2.89. The third kappa shape index (κ3) is 4.48. The molecule has 1 aliphatic rings. The van der Waals surface area contributed by atoms with E-state index in [2.05, 4.69) is 11.5 Å². The Labute approximate surface area is 177 Å². The number of ether oxygens (including phenoxy) is 1. The smallest absolute Gasteiger partial charge is 0.311 e. The van der Waals surface area contributed by atoms with Crippen molar-refractivity contribution in [3.05, 3.63) is 58.9 Å². The molecule has 1 aliphatic heterocycles. The number of carbonyl (C=O) groups excluding carboxylic acids is 3. The Morgan fingerprint density at radius 2 is 1.90 bits per heavy atom. The first-order valence-electron chi connectivity index (χ1n) is 10.5. The number of aromatic nitrogens is 1. The highest BCUT2D eigenvalue weighted by atomic mass is 16.5. The lowest BCUT2D eigenvalue weighted by Gasteiger charge is -2.25. The molecule has 2 heterocycles. The topological polar surface area (TPSA) is 68.6 Å². The minimum atomic E-state index is -0.538. The molecule has 0 N–H and O–H groups in total. The molecular weight excluding hydrogens is 380 g/mol. The number of rotatable bonds is 8. The molecule has 1 amide bonds. The molecule has 0 unspecified atom stereocenters. The fraction of sp³-hybridized carbons (Fsp3) is 0.458. The molecule has 0 aliphatic carbocycles. The highest BCUT2D eigenvalue weighted by Gasteiger charge is 2.38. The van der Waals surface area contributed by atoms with Crippen LogP contribution in [-0.2, 0) is 20.9 Å². The number of ketones is 1. The highest BCUT2D eigenvalue weighted by molar-refractivity contribution is 5.99. The average molecular weight is 411 g/mol. The zero-order valence-electron chi connectivity index (χ0n) is 18.2. The van der Waals surface area contributed by atoms with Crippen LogP contribution in [0.1, 0.15) is 60.0 Å². The van der Waals surface area contributed by atoms with Gasteiger partial charge in [0.05, 0.1) is 12.0 Å². The molecule has 1 saturated heterocycles. The second-order valence-corrected chi connectivity index (χ2v) is 8.00. The van der Waals surface area contributed by atoms with Gasteiger partial charge in [-0.2, -0.15) is 0 Å². The predicted molar refractivity (Wildman–Crippen MR) is 114 cm³/mol. The van der Waals surface area contributed by atoms with Gasteiger partial charge in [-0.1, -0.05) is 37.3 Å². The number of nitrogens with zero attached hydrogens (tertiary/aromatic N) is 2. The number of benzene rings is 1. The highest BCUT2D eigenvalue weighted by Crippen LogP contribution is 2.29.